The van der Waals surface area contributed by atoms with Gasteiger partial charge < -0.3 is 19.9 Å². The Morgan fingerprint density at radius 1 is 1.23 bits per heavy atom. The van der Waals surface area contributed by atoms with Gasteiger partial charge in [-0.3, -0.25) is 0 Å². The van der Waals surface area contributed by atoms with Crippen LogP contribution >= 0.6 is 11.6 Å². The van der Waals surface area contributed by atoms with E-state index < -0.39 is 23.0 Å². The highest BCUT2D eigenvalue weighted by atomic mass is 35.5. The van der Waals surface area contributed by atoms with Gasteiger partial charge in [-0.2, -0.15) is 0 Å². The second-order valence-corrected chi connectivity index (χ2v) is 8.21. The van der Waals surface area contributed by atoms with Crippen molar-refractivity contribution in [3.05, 3.63) is 59.9 Å². The third-order valence-corrected chi connectivity index (χ3v) is 6.04. The number of hydrogen-bond donors (Lipinski definition) is 2. The number of benzene rings is 2. The molecule has 30 heavy (non-hydrogen) atoms. The van der Waals surface area contributed by atoms with Gasteiger partial charge in [0, 0.05) is 31.6 Å². The van der Waals surface area contributed by atoms with E-state index in [0.29, 0.717) is 18.7 Å². The maximum atomic E-state index is 15.4. The Morgan fingerprint density at radius 2 is 2.00 bits per heavy atom. The van der Waals surface area contributed by atoms with Gasteiger partial charge in [-0.25, -0.2) is 8.78 Å². The number of piperidine rings is 1. The van der Waals surface area contributed by atoms with Gasteiger partial charge in [0.15, 0.2) is 16.6 Å². The van der Waals surface area contributed by atoms with Crippen LogP contribution in [-0.4, -0.2) is 38.1 Å². The lowest BCUT2D eigenvalue weighted by molar-refractivity contribution is -0.0323. The number of methoxy groups -OCH3 is 1. The van der Waals surface area contributed by atoms with Gasteiger partial charge in [-0.05, 0) is 50.0 Å². The van der Waals surface area contributed by atoms with Crippen LogP contribution in [0, 0.1) is 17.7 Å². The number of aliphatic hydroxyl groups is 1. The molecule has 0 radical (unpaired) electrons. The molecule has 1 aliphatic rings. The lowest BCUT2D eigenvalue weighted by atomic mass is 9.76. The molecule has 0 saturated carbocycles. The highest BCUT2D eigenvalue weighted by Crippen LogP contribution is 2.48. The van der Waals surface area contributed by atoms with E-state index in [0.717, 1.165) is 13.0 Å². The Balaban J connectivity index is 2.00. The molecular weight excluding hydrogens is 412 g/mol. The summed E-state index contributed by atoms with van der Waals surface area (Å²) in [6, 6.07) is 12.8. The molecule has 164 valence electrons. The van der Waals surface area contributed by atoms with Crippen molar-refractivity contribution in [2.45, 2.75) is 30.5 Å². The monoisotopic (exact) mass is 439 g/mol. The zero-order chi connectivity index (χ0) is 21.6. The number of alkyl halides is 2. The van der Waals surface area contributed by atoms with Crippen molar-refractivity contribution in [3.8, 4) is 11.5 Å². The van der Waals surface area contributed by atoms with Crippen LogP contribution in [-0.2, 0) is 9.80 Å². The van der Waals surface area contributed by atoms with Crippen molar-refractivity contribution in [1.82, 2.24) is 5.32 Å². The predicted octanol–water partition coefficient (Wildman–Crippen LogP) is 4.99. The first-order valence-corrected chi connectivity index (χ1v) is 10.6. The maximum Gasteiger partial charge on any atom is 0.173 e. The first kappa shape index (κ1) is 22.9. The van der Waals surface area contributed by atoms with Crippen LogP contribution < -0.4 is 10.1 Å². The molecule has 0 bridgehead atoms. The molecule has 3 rings (SSSR count). The zero-order valence-corrected chi connectivity index (χ0v) is 17.7. The smallest absolute Gasteiger partial charge is 0.173 e. The third-order valence-electron chi connectivity index (χ3n) is 5.58. The molecule has 1 heterocycles. The Bertz CT molecular complexity index is 800. The number of hydrogen-bond acceptors (Lipinski definition) is 4. The Labute approximate surface area is 181 Å². The summed E-state index contributed by atoms with van der Waals surface area (Å²) in [6.07, 6.45) is 0.202. The van der Waals surface area contributed by atoms with E-state index in [1.165, 1.54) is 25.3 Å². The first-order valence-electron chi connectivity index (χ1n) is 10.2. The molecule has 1 fully saturated rings. The average molecular weight is 440 g/mol. The second kappa shape index (κ2) is 10.5. The van der Waals surface area contributed by atoms with Gasteiger partial charge in [-0.1, -0.05) is 41.9 Å². The molecule has 2 aromatic carbocycles. The summed E-state index contributed by atoms with van der Waals surface area (Å²) in [5.41, 5.74) is 0.0173. The molecule has 0 spiro atoms. The summed E-state index contributed by atoms with van der Waals surface area (Å²) in [7, 11) is 1.50. The summed E-state index contributed by atoms with van der Waals surface area (Å²) in [4.78, 5) is 0. The molecule has 4 atom stereocenters. The first-order chi connectivity index (χ1) is 14.4. The van der Waals surface area contributed by atoms with E-state index in [2.05, 4.69) is 5.32 Å². The van der Waals surface area contributed by atoms with Crippen LogP contribution in [0.3, 0.4) is 0 Å². The summed E-state index contributed by atoms with van der Waals surface area (Å²) >= 11 is 6.68. The summed E-state index contributed by atoms with van der Waals surface area (Å²) < 4.78 is 40.9. The van der Waals surface area contributed by atoms with E-state index in [-0.39, 0.29) is 30.3 Å². The minimum absolute atomic E-state index is 0.0173. The fourth-order valence-electron chi connectivity index (χ4n) is 4.12. The number of rotatable bonds is 9. The van der Waals surface area contributed by atoms with Crippen LogP contribution in [0.15, 0.2) is 48.5 Å². The highest BCUT2D eigenvalue weighted by molar-refractivity contribution is 6.23. The standard InChI is InChI=1S/C23H28ClF2NO3/c1-29-14-12-19(25)21(16-7-6-13-27-15-16)23(24,28)18-10-5-11-20(26)22(18)30-17-8-3-2-4-9-17/h2-5,8-11,16,19,21,27-28H,6-7,12-15H2,1H3/t16-,19?,21?,23?/m0/s1. The summed E-state index contributed by atoms with van der Waals surface area (Å²) in [6.45, 7) is 1.56. The molecule has 1 aliphatic heterocycles. The van der Waals surface area contributed by atoms with Crippen molar-refractivity contribution in [3.63, 3.8) is 0 Å². The SMILES string of the molecule is COCCC(F)C([C@H]1CCCNC1)C(O)(Cl)c1cccc(F)c1Oc1ccccc1. The third kappa shape index (κ3) is 5.30. The Morgan fingerprint density at radius 3 is 2.67 bits per heavy atom. The van der Waals surface area contributed by atoms with E-state index >= 15 is 4.39 Å². The molecular formula is C23H28ClF2NO3. The van der Waals surface area contributed by atoms with Gasteiger partial charge in [-0.15, -0.1) is 0 Å². The van der Waals surface area contributed by atoms with Crippen molar-refractivity contribution >= 4 is 11.6 Å². The number of nitrogens with one attached hydrogen (secondary N) is 1. The Hall–Kier alpha value is -1.73. The van der Waals surface area contributed by atoms with Crippen molar-refractivity contribution in [2.24, 2.45) is 11.8 Å². The van der Waals surface area contributed by atoms with E-state index in [9.17, 15) is 9.50 Å². The molecule has 2 aromatic rings. The van der Waals surface area contributed by atoms with Crippen molar-refractivity contribution in [1.29, 1.82) is 0 Å². The predicted molar refractivity (Wildman–Crippen MR) is 113 cm³/mol. The molecule has 1 saturated heterocycles. The minimum Gasteiger partial charge on any atom is -0.454 e. The minimum atomic E-state index is -2.16. The number of ether oxygens (including phenoxy) is 2. The topological polar surface area (TPSA) is 50.7 Å². The molecule has 7 heteroatoms. The maximum absolute atomic E-state index is 15.4. The molecule has 3 unspecified atom stereocenters. The average Bonchev–Trinajstić information content (AvgIpc) is 2.75. The number of halogens is 3. The number of para-hydroxylation sites is 2. The molecule has 2 N–H and O–H groups in total. The van der Waals surface area contributed by atoms with Gasteiger partial charge in [0.25, 0.3) is 0 Å². The molecule has 0 aromatic heterocycles. The highest BCUT2D eigenvalue weighted by Gasteiger charge is 2.48. The zero-order valence-electron chi connectivity index (χ0n) is 17.0. The summed E-state index contributed by atoms with van der Waals surface area (Å²) in [5.74, 6) is -1.68. The van der Waals surface area contributed by atoms with Crippen LogP contribution in [0.4, 0.5) is 8.78 Å². The fraction of sp³-hybridized carbons (Fsp3) is 0.478. The van der Waals surface area contributed by atoms with E-state index in [1.54, 1.807) is 24.3 Å². The second-order valence-electron chi connectivity index (χ2n) is 7.63. The van der Waals surface area contributed by atoms with Gasteiger partial charge in [0.1, 0.15) is 11.9 Å². The van der Waals surface area contributed by atoms with E-state index in [1.807, 2.05) is 6.07 Å². The normalized spacial score (nSPS) is 20.9. The van der Waals surface area contributed by atoms with Crippen LogP contribution in [0.2, 0.25) is 0 Å². The molecule has 0 aliphatic carbocycles. The quantitative estimate of drug-likeness (QED) is 0.540. The Kier molecular flexibility index (Phi) is 8.06. The lowest BCUT2D eigenvalue weighted by Gasteiger charge is -2.41. The fourth-order valence-corrected chi connectivity index (χ4v) is 4.58. The van der Waals surface area contributed by atoms with Crippen LogP contribution in [0.5, 0.6) is 11.5 Å². The largest absolute Gasteiger partial charge is 0.454 e. The molecule has 4 nitrogen and oxygen atoms in total. The lowest BCUT2D eigenvalue weighted by Crippen LogP contribution is -2.47. The van der Waals surface area contributed by atoms with Gasteiger partial charge in [0.2, 0.25) is 0 Å². The van der Waals surface area contributed by atoms with Gasteiger partial charge >= 0.3 is 0 Å². The van der Waals surface area contributed by atoms with E-state index in [4.69, 9.17) is 21.1 Å². The van der Waals surface area contributed by atoms with Gasteiger partial charge in [0.05, 0.1) is 0 Å². The van der Waals surface area contributed by atoms with Crippen molar-refractivity contribution in [2.75, 3.05) is 26.8 Å². The van der Waals surface area contributed by atoms with Crippen molar-refractivity contribution < 1.29 is 23.4 Å². The van der Waals surface area contributed by atoms with Crippen LogP contribution in [0.1, 0.15) is 24.8 Å². The molecule has 0 amide bonds. The van der Waals surface area contributed by atoms with Crippen LogP contribution in [0.25, 0.3) is 0 Å². The summed E-state index contributed by atoms with van der Waals surface area (Å²) in [5, 5.41) is 12.5.